The van der Waals surface area contributed by atoms with Crippen LogP contribution in [0, 0.1) is 6.92 Å². The van der Waals surface area contributed by atoms with Crippen molar-refractivity contribution in [1.82, 2.24) is 0 Å². The summed E-state index contributed by atoms with van der Waals surface area (Å²) >= 11 is 0. The second-order valence-electron chi connectivity index (χ2n) is 6.54. The van der Waals surface area contributed by atoms with Gasteiger partial charge in [-0.1, -0.05) is 42.8 Å². The number of carbonyl (C=O) groups is 2. The maximum Gasteiger partial charge on any atom is 0.290 e. The molecular weight excluding hydrogens is 320 g/mol. The molecule has 0 aromatic heterocycles. The quantitative estimate of drug-likeness (QED) is 0.820. The van der Waals surface area contributed by atoms with E-state index in [9.17, 15) is 19.9 Å². The summed E-state index contributed by atoms with van der Waals surface area (Å²) in [5.74, 6) is -1.38. The fraction of sp³-hybridized carbons (Fsp3) is 0.263. The van der Waals surface area contributed by atoms with Gasteiger partial charge in [0.25, 0.3) is 11.6 Å². The molecule has 0 spiro atoms. The van der Waals surface area contributed by atoms with Crippen LogP contribution in [0.1, 0.15) is 24.5 Å². The van der Waals surface area contributed by atoms with Gasteiger partial charge in [-0.2, -0.15) is 0 Å². The predicted octanol–water partition coefficient (Wildman–Crippen LogP) is 2.11. The van der Waals surface area contributed by atoms with Crippen LogP contribution in [0.25, 0.3) is 0 Å². The number of carbonyl (C=O) groups excluding carboxylic acids is 2. The Morgan fingerprint density at radius 3 is 2.28 bits per heavy atom. The number of rotatable bonds is 2. The molecule has 2 heterocycles. The lowest BCUT2D eigenvalue weighted by Crippen LogP contribution is -2.59. The fourth-order valence-corrected chi connectivity index (χ4v) is 4.06. The largest absolute Gasteiger partial charge is 0.360 e. The van der Waals surface area contributed by atoms with Crippen molar-refractivity contribution in [3.63, 3.8) is 0 Å². The number of hydroxylamine groups is 1. The lowest BCUT2D eigenvalue weighted by Gasteiger charge is -2.33. The number of imide groups is 1. The van der Waals surface area contributed by atoms with Crippen LogP contribution in [0.4, 0.5) is 11.4 Å². The van der Waals surface area contributed by atoms with Gasteiger partial charge in [-0.15, -0.1) is 0 Å². The van der Waals surface area contributed by atoms with Gasteiger partial charge in [0, 0.05) is 0 Å². The fourth-order valence-electron chi connectivity index (χ4n) is 4.06. The van der Waals surface area contributed by atoms with E-state index in [2.05, 4.69) is 0 Å². The topological polar surface area (TPSA) is 81.1 Å². The number of benzene rings is 2. The van der Waals surface area contributed by atoms with Crippen molar-refractivity contribution in [2.75, 3.05) is 9.96 Å². The van der Waals surface area contributed by atoms with Crippen LogP contribution in [0.5, 0.6) is 0 Å². The molecule has 2 atom stereocenters. The molecule has 6 heteroatoms. The molecule has 2 aromatic carbocycles. The van der Waals surface area contributed by atoms with Crippen LogP contribution >= 0.6 is 0 Å². The molecular formula is C19H18N2O4. The van der Waals surface area contributed by atoms with Crippen LogP contribution in [0.2, 0.25) is 0 Å². The predicted molar refractivity (Wildman–Crippen MR) is 91.3 cm³/mol. The van der Waals surface area contributed by atoms with Gasteiger partial charge in [-0.05, 0) is 37.1 Å². The minimum atomic E-state index is -2.35. The van der Waals surface area contributed by atoms with Crippen LogP contribution < -0.4 is 9.96 Å². The van der Waals surface area contributed by atoms with E-state index < -0.39 is 23.0 Å². The van der Waals surface area contributed by atoms with Crippen molar-refractivity contribution < 1.29 is 19.9 Å². The van der Waals surface area contributed by atoms with Gasteiger partial charge in [0.05, 0.1) is 11.4 Å². The molecule has 2 aliphatic rings. The zero-order valence-corrected chi connectivity index (χ0v) is 13.9. The number of hydrogen-bond donors (Lipinski definition) is 2. The Bertz CT molecular complexity index is 895. The maximum atomic E-state index is 13.4. The highest BCUT2D eigenvalue weighted by atomic mass is 16.6. The van der Waals surface area contributed by atoms with E-state index in [0.29, 0.717) is 16.3 Å². The third kappa shape index (κ3) is 1.61. The summed E-state index contributed by atoms with van der Waals surface area (Å²) in [6.45, 7) is 3.63. The molecule has 4 rings (SSSR count). The van der Waals surface area contributed by atoms with Crippen molar-refractivity contribution in [1.29, 1.82) is 0 Å². The van der Waals surface area contributed by atoms with Crippen molar-refractivity contribution >= 4 is 23.2 Å². The molecule has 1 saturated heterocycles. The summed E-state index contributed by atoms with van der Waals surface area (Å²) in [5.41, 5.74) is -1.80. The van der Waals surface area contributed by atoms with Gasteiger partial charge in [0.15, 0.2) is 0 Å². The lowest BCUT2D eigenvalue weighted by atomic mass is 9.73. The third-order valence-electron chi connectivity index (χ3n) is 5.39. The van der Waals surface area contributed by atoms with E-state index in [1.54, 1.807) is 55.5 Å². The number of fused-ring (bicyclic) bond motifs is 3. The Labute approximate surface area is 144 Å². The SMILES string of the molecule is CC[C@]12C(=O)N(c3ccc(C)cc3)C(=O)[C@@]1(O)N(O)c1ccccc12. The maximum absolute atomic E-state index is 13.4. The van der Waals surface area contributed by atoms with E-state index in [1.165, 1.54) is 0 Å². The number of nitrogens with zero attached hydrogens (tertiary/aromatic N) is 2. The molecule has 0 saturated carbocycles. The molecule has 2 N–H and O–H groups in total. The summed E-state index contributed by atoms with van der Waals surface area (Å²) in [4.78, 5) is 27.4. The van der Waals surface area contributed by atoms with Crippen molar-refractivity contribution in [3.8, 4) is 0 Å². The van der Waals surface area contributed by atoms with Gasteiger partial charge >= 0.3 is 0 Å². The summed E-state index contributed by atoms with van der Waals surface area (Å²) in [7, 11) is 0. The first-order chi connectivity index (χ1) is 11.9. The van der Waals surface area contributed by atoms with Crippen molar-refractivity contribution in [2.24, 2.45) is 0 Å². The van der Waals surface area contributed by atoms with Gasteiger partial charge in [-0.25, -0.2) is 9.96 Å². The average molecular weight is 338 g/mol. The zero-order chi connectivity index (χ0) is 18.0. The monoisotopic (exact) mass is 338 g/mol. The number of amides is 2. The number of hydrogen-bond acceptors (Lipinski definition) is 5. The van der Waals surface area contributed by atoms with Gasteiger partial charge in [0.2, 0.25) is 5.91 Å². The Balaban J connectivity index is 1.97. The smallest absolute Gasteiger partial charge is 0.290 e. The minimum absolute atomic E-state index is 0.171. The van der Waals surface area contributed by atoms with Crippen LogP contribution in [0.15, 0.2) is 48.5 Å². The molecule has 2 amide bonds. The standard InChI is InChI=1S/C19H18N2O4/c1-3-18-14-6-4-5-7-15(14)21(25)19(18,24)17(23)20(16(18)22)13-10-8-12(2)9-11-13/h4-11,24-25H,3H2,1-2H3/t18-,19-/m0/s1. The summed E-state index contributed by atoms with van der Waals surface area (Å²) in [5, 5.41) is 22.4. The van der Waals surface area contributed by atoms with E-state index in [4.69, 9.17) is 0 Å². The van der Waals surface area contributed by atoms with Crippen LogP contribution in [-0.2, 0) is 15.0 Å². The molecule has 1 fully saturated rings. The Hall–Kier alpha value is -2.70. The molecule has 25 heavy (non-hydrogen) atoms. The van der Waals surface area contributed by atoms with E-state index in [-0.39, 0.29) is 12.1 Å². The van der Waals surface area contributed by atoms with E-state index >= 15 is 0 Å². The molecule has 6 nitrogen and oxygen atoms in total. The first-order valence-corrected chi connectivity index (χ1v) is 8.16. The highest BCUT2D eigenvalue weighted by Gasteiger charge is 2.76. The Morgan fingerprint density at radius 2 is 1.64 bits per heavy atom. The second kappa shape index (κ2) is 4.91. The summed E-state index contributed by atoms with van der Waals surface area (Å²) in [6.07, 6.45) is 0.171. The van der Waals surface area contributed by atoms with Gasteiger partial charge in [-0.3, -0.25) is 14.8 Å². The van der Waals surface area contributed by atoms with E-state index in [1.807, 2.05) is 6.92 Å². The zero-order valence-electron chi connectivity index (χ0n) is 13.9. The second-order valence-corrected chi connectivity index (χ2v) is 6.54. The lowest BCUT2D eigenvalue weighted by molar-refractivity contribution is -0.147. The Morgan fingerprint density at radius 1 is 1.00 bits per heavy atom. The number of aliphatic hydroxyl groups is 1. The molecule has 0 radical (unpaired) electrons. The Kier molecular flexibility index (Phi) is 3.10. The third-order valence-corrected chi connectivity index (χ3v) is 5.39. The molecule has 0 unspecified atom stereocenters. The summed E-state index contributed by atoms with van der Waals surface area (Å²) < 4.78 is 0. The number of anilines is 2. The highest BCUT2D eigenvalue weighted by molar-refractivity contribution is 6.30. The first kappa shape index (κ1) is 15.8. The van der Waals surface area contributed by atoms with Crippen LogP contribution in [0.3, 0.4) is 0 Å². The van der Waals surface area contributed by atoms with Gasteiger partial charge in [0.1, 0.15) is 5.41 Å². The molecule has 2 aliphatic heterocycles. The minimum Gasteiger partial charge on any atom is -0.360 e. The molecule has 2 aromatic rings. The van der Waals surface area contributed by atoms with Crippen molar-refractivity contribution in [2.45, 2.75) is 31.4 Å². The first-order valence-electron chi connectivity index (χ1n) is 8.16. The normalized spacial score (nSPS) is 27.7. The highest BCUT2D eigenvalue weighted by Crippen LogP contribution is 2.57. The van der Waals surface area contributed by atoms with Crippen LogP contribution in [-0.4, -0.2) is 27.9 Å². The average Bonchev–Trinajstić information content (AvgIpc) is 2.93. The summed E-state index contributed by atoms with van der Waals surface area (Å²) in [6, 6.07) is 13.6. The van der Waals surface area contributed by atoms with Crippen molar-refractivity contribution in [3.05, 3.63) is 59.7 Å². The number of aryl methyl sites for hydroxylation is 1. The number of para-hydroxylation sites is 1. The molecule has 0 bridgehead atoms. The van der Waals surface area contributed by atoms with E-state index in [0.717, 1.165) is 10.5 Å². The van der Waals surface area contributed by atoms with Gasteiger partial charge < -0.3 is 5.11 Å². The molecule has 0 aliphatic carbocycles. The molecule has 128 valence electrons.